The summed E-state index contributed by atoms with van der Waals surface area (Å²) in [6.07, 6.45) is 1.69. The lowest BCUT2D eigenvalue weighted by atomic mass is 10.3. The standard InChI is InChI=1S/C17H22N6O2/c24-17(20-13-14-3-1-2-6-18-14)15-4-5-16(22-21-15)19-7-8-23-9-11-25-12-10-23/h1-6H,7-13H2,(H,19,22)(H,20,24). The number of hydrogen-bond acceptors (Lipinski definition) is 7. The Morgan fingerprint density at radius 1 is 1.16 bits per heavy atom. The second kappa shape index (κ2) is 9.05. The topological polar surface area (TPSA) is 92.3 Å². The number of carbonyl (C=O) groups is 1. The molecule has 3 rings (SSSR count). The number of carbonyl (C=O) groups excluding carboxylic acids is 1. The zero-order valence-electron chi connectivity index (χ0n) is 14.0. The maximum absolute atomic E-state index is 12.1. The van der Waals surface area contributed by atoms with Crippen LogP contribution in [0.2, 0.25) is 0 Å². The predicted molar refractivity (Wildman–Crippen MR) is 93.2 cm³/mol. The normalized spacial score (nSPS) is 14.9. The van der Waals surface area contributed by atoms with Crippen LogP contribution in [0.15, 0.2) is 36.5 Å². The second-order valence-corrected chi connectivity index (χ2v) is 5.69. The molecule has 1 aliphatic heterocycles. The quantitative estimate of drug-likeness (QED) is 0.759. The van der Waals surface area contributed by atoms with E-state index in [-0.39, 0.29) is 11.6 Å². The maximum atomic E-state index is 12.1. The fourth-order valence-electron chi connectivity index (χ4n) is 2.48. The number of morpholine rings is 1. The third-order valence-electron chi connectivity index (χ3n) is 3.89. The molecule has 1 amide bonds. The van der Waals surface area contributed by atoms with Crippen LogP contribution >= 0.6 is 0 Å². The fourth-order valence-corrected chi connectivity index (χ4v) is 2.48. The number of nitrogens with one attached hydrogen (secondary N) is 2. The van der Waals surface area contributed by atoms with E-state index in [1.165, 1.54) is 0 Å². The minimum atomic E-state index is -0.266. The van der Waals surface area contributed by atoms with Gasteiger partial charge in [0.15, 0.2) is 5.69 Å². The molecule has 0 aromatic carbocycles. The molecule has 2 N–H and O–H groups in total. The minimum Gasteiger partial charge on any atom is -0.379 e. The van der Waals surface area contributed by atoms with Crippen molar-refractivity contribution in [1.29, 1.82) is 0 Å². The van der Waals surface area contributed by atoms with Gasteiger partial charge < -0.3 is 15.4 Å². The molecule has 3 heterocycles. The smallest absolute Gasteiger partial charge is 0.272 e. The molecule has 1 saturated heterocycles. The van der Waals surface area contributed by atoms with Gasteiger partial charge in [0, 0.05) is 32.4 Å². The van der Waals surface area contributed by atoms with Crippen LogP contribution in [-0.4, -0.2) is 65.4 Å². The number of ether oxygens (including phenoxy) is 1. The van der Waals surface area contributed by atoms with Crippen molar-refractivity contribution < 1.29 is 9.53 Å². The Kier molecular flexibility index (Phi) is 6.24. The van der Waals surface area contributed by atoms with Gasteiger partial charge in [-0.1, -0.05) is 6.07 Å². The van der Waals surface area contributed by atoms with Crippen molar-refractivity contribution in [2.45, 2.75) is 6.54 Å². The van der Waals surface area contributed by atoms with Crippen LogP contribution in [0.5, 0.6) is 0 Å². The van der Waals surface area contributed by atoms with E-state index in [0.29, 0.717) is 12.4 Å². The Balaban J connectivity index is 1.42. The third-order valence-corrected chi connectivity index (χ3v) is 3.89. The van der Waals surface area contributed by atoms with E-state index in [1.807, 2.05) is 18.2 Å². The Labute approximate surface area is 146 Å². The number of pyridine rings is 1. The van der Waals surface area contributed by atoms with E-state index in [9.17, 15) is 4.79 Å². The van der Waals surface area contributed by atoms with Gasteiger partial charge >= 0.3 is 0 Å². The van der Waals surface area contributed by atoms with Gasteiger partial charge in [0.25, 0.3) is 5.91 Å². The molecule has 2 aromatic rings. The summed E-state index contributed by atoms with van der Waals surface area (Å²) in [6, 6.07) is 9.00. The number of aromatic nitrogens is 3. The molecular formula is C17H22N6O2. The maximum Gasteiger partial charge on any atom is 0.272 e. The van der Waals surface area contributed by atoms with Gasteiger partial charge in [0.2, 0.25) is 0 Å². The number of anilines is 1. The molecule has 25 heavy (non-hydrogen) atoms. The predicted octanol–water partition coefficient (Wildman–Crippen LogP) is 0.546. The molecule has 8 nitrogen and oxygen atoms in total. The molecule has 8 heteroatoms. The molecule has 1 aliphatic rings. The first kappa shape index (κ1) is 17.2. The zero-order valence-corrected chi connectivity index (χ0v) is 14.0. The van der Waals surface area contributed by atoms with Crippen molar-refractivity contribution in [2.75, 3.05) is 44.7 Å². The van der Waals surface area contributed by atoms with Crippen LogP contribution in [0, 0.1) is 0 Å². The number of nitrogens with zero attached hydrogens (tertiary/aromatic N) is 4. The number of amides is 1. The van der Waals surface area contributed by atoms with Crippen molar-refractivity contribution in [3.63, 3.8) is 0 Å². The number of hydrogen-bond donors (Lipinski definition) is 2. The fraction of sp³-hybridized carbons (Fsp3) is 0.412. The molecule has 132 valence electrons. The molecule has 0 spiro atoms. The molecule has 2 aromatic heterocycles. The summed E-state index contributed by atoms with van der Waals surface area (Å²) in [6.45, 7) is 5.58. The summed E-state index contributed by atoms with van der Waals surface area (Å²) in [5.74, 6) is 0.396. The summed E-state index contributed by atoms with van der Waals surface area (Å²) in [7, 11) is 0. The van der Waals surface area contributed by atoms with Gasteiger partial charge in [0.05, 0.1) is 25.5 Å². The molecule has 0 atom stereocenters. The van der Waals surface area contributed by atoms with E-state index >= 15 is 0 Å². The average Bonchev–Trinajstić information content (AvgIpc) is 2.68. The van der Waals surface area contributed by atoms with E-state index < -0.39 is 0 Å². The minimum absolute atomic E-state index is 0.266. The lowest BCUT2D eigenvalue weighted by Gasteiger charge is -2.26. The summed E-state index contributed by atoms with van der Waals surface area (Å²) in [4.78, 5) is 18.6. The highest BCUT2D eigenvalue weighted by molar-refractivity contribution is 5.92. The Morgan fingerprint density at radius 3 is 2.76 bits per heavy atom. The summed E-state index contributed by atoms with van der Waals surface area (Å²) in [5, 5.41) is 14.0. The summed E-state index contributed by atoms with van der Waals surface area (Å²) < 4.78 is 5.32. The summed E-state index contributed by atoms with van der Waals surface area (Å²) >= 11 is 0. The highest BCUT2D eigenvalue weighted by Gasteiger charge is 2.10. The van der Waals surface area contributed by atoms with E-state index in [0.717, 1.165) is 45.1 Å². The second-order valence-electron chi connectivity index (χ2n) is 5.69. The van der Waals surface area contributed by atoms with Crippen LogP contribution in [0.1, 0.15) is 16.2 Å². The largest absolute Gasteiger partial charge is 0.379 e. The first-order valence-electron chi connectivity index (χ1n) is 8.37. The summed E-state index contributed by atoms with van der Waals surface area (Å²) in [5.41, 5.74) is 1.08. The van der Waals surface area contributed by atoms with Crippen molar-refractivity contribution in [1.82, 2.24) is 25.4 Å². The van der Waals surface area contributed by atoms with Crippen molar-refractivity contribution in [2.24, 2.45) is 0 Å². The lowest BCUT2D eigenvalue weighted by molar-refractivity contribution is 0.0398. The van der Waals surface area contributed by atoms with Gasteiger partial charge in [-0.3, -0.25) is 14.7 Å². The highest BCUT2D eigenvalue weighted by atomic mass is 16.5. The zero-order chi connectivity index (χ0) is 17.3. The van der Waals surface area contributed by atoms with Gasteiger partial charge in [0.1, 0.15) is 5.82 Å². The Hall–Kier alpha value is -2.58. The van der Waals surface area contributed by atoms with E-state index in [1.54, 1.807) is 18.3 Å². The van der Waals surface area contributed by atoms with Gasteiger partial charge in [-0.2, -0.15) is 0 Å². The van der Waals surface area contributed by atoms with Gasteiger partial charge in [-0.25, -0.2) is 0 Å². The average molecular weight is 342 g/mol. The monoisotopic (exact) mass is 342 g/mol. The molecule has 0 radical (unpaired) electrons. The van der Waals surface area contributed by atoms with Gasteiger partial charge in [-0.15, -0.1) is 10.2 Å². The molecule has 0 aliphatic carbocycles. The van der Waals surface area contributed by atoms with Gasteiger partial charge in [-0.05, 0) is 24.3 Å². The van der Waals surface area contributed by atoms with E-state index in [2.05, 4.69) is 30.7 Å². The van der Waals surface area contributed by atoms with Crippen molar-refractivity contribution in [3.8, 4) is 0 Å². The number of rotatable bonds is 7. The molecule has 0 saturated carbocycles. The first-order chi connectivity index (χ1) is 12.3. The first-order valence-corrected chi connectivity index (χ1v) is 8.37. The molecule has 0 bridgehead atoms. The molecule has 0 unspecified atom stereocenters. The van der Waals surface area contributed by atoms with Crippen LogP contribution < -0.4 is 10.6 Å². The van der Waals surface area contributed by atoms with Crippen LogP contribution in [0.25, 0.3) is 0 Å². The highest BCUT2D eigenvalue weighted by Crippen LogP contribution is 2.03. The lowest BCUT2D eigenvalue weighted by Crippen LogP contribution is -2.39. The SMILES string of the molecule is O=C(NCc1ccccn1)c1ccc(NCCN2CCOCC2)nn1. The van der Waals surface area contributed by atoms with Crippen LogP contribution in [0.3, 0.4) is 0 Å². The Morgan fingerprint density at radius 2 is 2.04 bits per heavy atom. The molecular weight excluding hydrogens is 320 g/mol. The Bertz CT molecular complexity index is 659. The molecule has 1 fully saturated rings. The van der Waals surface area contributed by atoms with Crippen molar-refractivity contribution in [3.05, 3.63) is 47.9 Å². The third kappa shape index (κ3) is 5.47. The van der Waals surface area contributed by atoms with Crippen LogP contribution in [-0.2, 0) is 11.3 Å². The van der Waals surface area contributed by atoms with E-state index in [4.69, 9.17) is 4.74 Å². The van der Waals surface area contributed by atoms with Crippen molar-refractivity contribution >= 4 is 11.7 Å². The van der Waals surface area contributed by atoms with Crippen LogP contribution in [0.4, 0.5) is 5.82 Å².